The molecule has 0 fully saturated rings. The van der Waals surface area contributed by atoms with Crippen LogP contribution >= 0.6 is 0 Å². The van der Waals surface area contributed by atoms with Crippen LogP contribution in [-0.4, -0.2) is 33.8 Å². The second-order valence-electron chi connectivity index (χ2n) is 7.32. The van der Waals surface area contributed by atoms with Crippen molar-refractivity contribution in [2.24, 2.45) is 0 Å². The lowest BCUT2D eigenvalue weighted by molar-refractivity contribution is -0.384. The third-order valence-electron chi connectivity index (χ3n) is 5.32. The minimum absolute atomic E-state index is 0.0282. The summed E-state index contributed by atoms with van der Waals surface area (Å²) in [6.07, 6.45) is 0.874. The number of carbonyl (C=O) groups excluding carboxylic acids is 2. The first-order valence-electron chi connectivity index (χ1n) is 9.99. The number of non-ortho nitro benzene ring substituents is 1. The third-order valence-corrected chi connectivity index (χ3v) is 5.32. The van der Waals surface area contributed by atoms with Crippen LogP contribution in [0.25, 0.3) is 0 Å². The summed E-state index contributed by atoms with van der Waals surface area (Å²) in [6.45, 7) is 6.37. The number of benzene rings is 2. The van der Waals surface area contributed by atoms with Crippen molar-refractivity contribution in [3.8, 4) is 5.75 Å². The van der Waals surface area contributed by atoms with Gasteiger partial charge >= 0.3 is 0 Å². The monoisotopic (exact) mass is 411 g/mol. The summed E-state index contributed by atoms with van der Waals surface area (Å²) < 4.78 is 5.96. The molecule has 3 rings (SSSR count). The number of hydrogen-bond acceptors (Lipinski definition) is 5. The Hall–Kier alpha value is -3.42. The standard InChI is InChI=1S/C22H25N3O5/c1-4-14(3)24-13-16-12-17(8-11-20(16)30-19(5-2)22(24)27)23-21(26)15-6-9-18(10-7-15)25(28)29/h6-12,14,19H,4-5,13H2,1-3H3,(H,23,26). The van der Waals surface area contributed by atoms with Crippen molar-refractivity contribution in [2.75, 3.05) is 5.32 Å². The molecule has 8 heteroatoms. The Morgan fingerprint density at radius 2 is 1.97 bits per heavy atom. The molecule has 0 bridgehead atoms. The quantitative estimate of drug-likeness (QED) is 0.568. The maximum Gasteiger partial charge on any atom is 0.269 e. The molecule has 0 spiro atoms. The fourth-order valence-electron chi connectivity index (χ4n) is 3.33. The number of nitro groups is 1. The Balaban J connectivity index is 1.83. The van der Waals surface area contributed by atoms with Crippen LogP contribution in [0.1, 0.15) is 49.5 Å². The van der Waals surface area contributed by atoms with Gasteiger partial charge in [0.05, 0.1) is 4.92 Å². The molecule has 0 aromatic heterocycles. The van der Waals surface area contributed by atoms with Gasteiger partial charge in [-0.1, -0.05) is 13.8 Å². The van der Waals surface area contributed by atoms with Crippen molar-refractivity contribution >= 4 is 23.2 Å². The summed E-state index contributed by atoms with van der Waals surface area (Å²) in [5.41, 5.74) is 1.62. The van der Waals surface area contributed by atoms with Gasteiger partial charge in [-0.05, 0) is 50.1 Å². The van der Waals surface area contributed by atoms with Gasteiger partial charge in [-0.3, -0.25) is 19.7 Å². The minimum atomic E-state index is -0.527. The fourth-order valence-corrected chi connectivity index (χ4v) is 3.33. The normalized spacial score (nSPS) is 16.8. The molecular weight excluding hydrogens is 386 g/mol. The molecular formula is C22H25N3O5. The Morgan fingerprint density at radius 3 is 2.57 bits per heavy atom. The molecule has 2 atom stereocenters. The lowest BCUT2D eigenvalue weighted by Crippen LogP contribution is -2.43. The van der Waals surface area contributed by atoms with E-state index >= 15 is 0 Å². The van der Waals surface area contributed by atoms with E-state index in [4.69, 9.17) is 4.74 Å². The lowest BCUT2D eigenvalue weighted by atomic mass is 10.1. The van der Waals surface area contributed by atoms with Crippen LogP contribution in [0.15, 0.2) is 42.5 Å². The molecule has 1 aliphatic rings. The van der Waals surface area contributed by atoms with E-state index in [1.807, 2.05) is 25.7 Å². The molecule has 2 aromatic carbocycles. The Morgan fingerprint density at radius 1 is 1.27 bits per heavy atom. The summed E-state index contributed by atoms with van der Waals surface area (Å²) in [5.74, 6) is 0.231. The first kappa shape index (κ1) is 21.3. The number of nitro benzene ring substituents is 1. The Kier molecular flexibility index (Phi) is 6.34. The number of anilines is 1. The smallest absolute Gasteiger partial charge is 0.269 e. The maximum absolute atomic E-state index is 12.9. The number of ether oxygens (including phenoxy) is 1. The van der Waals surface area contributed by atoms with Gasteiger partial charge in [0.1, 0.15) is 5.75 Å². The zero-order valence-corrected chi connectivity index (χ0v) is 17.3. The van der Waals surface area contributed by atoms with Crippen LogP contribution in [0, 0.1) is 10.1 Å². The molecule has 30 heavy (non-hydrogen) atoms. The predicted octanol–water partition coefficient (Wildman–Crippen LogP) is 4.15. The highest BCUT2D eigenvalue weighted by Gasteiger charge is 2.32. The van der Waals surface area contributed by atoms with Crippen molar-refractivity contribution in [2.45, 2.75) is 52.3 Å². The minimum Gasteiger partial charge on any atom is -0.480 e. The van der Waals surface area contributed by atoms with Gasteiger partial charge < -0.3 is 15.0 Å². The van der Waals surface area contributed by atoms with Crippen LogP contribution in [0.2, 0.25) is 0 Å². The highest BCUT2D eigenvalue weighted by atomic mass is 16.6. The Bertz CT molecular complexity index is 958. The topological polar surface area (TPSA) is 102 Å². The predicted molar refractivity (Wildman–Crippen MR) is 113 cm³/mol. The number of carbonyl (C=O) groups is 2. The Labute approximate surface area is 175 Å². The zero-order valence-electron chi connectivity index (χ0n) is 17.3. The highest BCUT2D eigenvalue weighted by molar-refractivity contribution is 6.04. The third kappa shape index (κ3) is 4.42. The number of nitrogens with zero attached hydrogens (tertiary/aromatic N) is 2. The second-order valence-corrected chi connectivity index (χ2v) is 7.32. The SMILES string of the molecule is CCC1Oc2ccc(NC(=O)c3ccc([N+](=O)[O-])cc3)cc2CN(C(C)CC)C1=O. The number of rotatable bonds is 6. The van der Waals surface area contributed by atoms with E-state index in [1.165, 1.54) is 24.3 Å². The van der Waals surface area contributed by atoms with Gasteiger partial charge in [-0.2, -0.15) is 0 Å². The average Bonchev–Trinajstić information content (AvgIpc) is 2.89. The summed E-state index contributed by atoms with van der Waals surface area (Å²) in [5, 5.41) is 13.6. The van der Waals surface area contributed by atoms with E-state index in [0.29, 0.717) is 30.0 Å². The van der Waals surface area contributed by atoms with E-state index in [2.05, 4.69) is 5.32 Å². The number of amides is 2. The maximum atomic E-state index is 12.9. The van der Waals surface area contributed by atoms with Crippen molar-refractivity contribution in [3.05, 3.63) is 63.7 Å². The van der Waals surface area contributed by atoms with Crippen molar-refractivity contribution < 1.29 is 19.2 Å². The molecule has 1 heterocycles. The van der Waals surface area contributed by atoms with Gasteiger partial charge in [0.15, 0.2) is 6.10 Å². The summed E-state index contributed by atoms with van der Waals surface area (Å²) in [7, 11) is 0. The summed E-state index contributed by atoms with van der Waals surface area (Å²) in [4.78, 5) is 37.5. The summed E-state index contributed by atoms with van der Waals surface area (Å²) in [6, 6.07) is 10.8. The van der Waals surface area contributed by atoms with Gasteiger partial charge in [0, 0.05) is 41.5 Å². The van der Waals surface area contributed by atoms with E-state index in [0.717, 1.165) is 12.0 Å². The van der Waals surface area contributed by atoms with Crippen molar-refractivity contribution in [1.29, 1.82) is 0 Å². The number of hydrogen-bond donors (Lipinski definition) is 1. The average molecular weight is 411 g/mol. The van der Waals surface area contributed by atoms with Crippen molar-refractivity contribution in [1.82, 2.24) is 4.90 Å². The zero-order chi connectivity index (χ0) is 21.8. The van der Waals surface area contributed by atoms with Gasteiger partial charge in [0.2, 0.25) is 0 Å². The van der Waals surface area contributed by atoms with Crippen LogP contribution in [0.3, 0.4) is 0 Å². The molecule has 0 saturated heterocycles. The first-order chi connectivity index (χ1) is 14.3. The number of nitrogens with one attached hydrogen (secondary N) is 1. The lowest BCUT2D eigenvalue weighted by Gasteiger charge is -2.28. The van der Waals surface area contributed by atoms with Crippen LogP contribution in [-0.2, 0) is 11.3 Å². The van der Waals surface area contributed by atoms with Crippen molar-refractivity contribution in [3.63, 3.8) is 0 Å². The molecule has 158 valence electrons. The van der Waals surface area contributed by atoms with Crippen LogP contribution in [0.5, 0.6) is 5.75 Å². The van der Waals surface area contributed by atoms with Gasteiger partial charge in [-0.15, -0.1) is 0 Å². The molecule has 0 saturated carbocycles. The molecule has 8 nitrogen and oxygen atoms in total. The molecule has 0 radical (unpaired) electrons. The molecule has 2 unspecified atom stereocenters. The van der Waals surface area contributed by atoms with E-state index in [-0.39, 0.29) is 23.5 Å². The molecule has 1 N–H and O–H groups in total. The van der Waals surface area contributed by atoms with E-state index in [9.17, 15) is 19.7 Å². The molecule has 2 aromatic rings. The van der Waals surface area contributed by atoms with Crippen LogP contribution in [0.4, 0.5) is 11.4 Å². The highest BCUT2D eigenvalue weighted by Crippen LogP contribution is 2.31. The van der Waals surface area contributed by atoms with Crippen LogP contribution < -0.4 is 10.1 Å². The second kappa shape index (κ2) is 8.94. The van der Waals surface area contributed by atoms with Gasteiger partial charge in [0.25, 0.3) is 17.5 Å². The number of fused-ring (bicyclic) bond motifs is 1. The molecule has 2 amide bonds. The molecule has 1 aliphatic heterocycles. The first-order valence-corrected chi connectivity index (χ1v) is 9.99. The van der Waals surface area contributed by atoms with E-state index < -0.39 is 11.0 Å². The van der Waals surface area contributed by atoms with E-state index in [1.54, 1.807) is 18.2 Å². The van der Waals surface area contributed by atoms with Gasteiger partial charge in [-0.25, -0.2) is 0 Å². The molecule has 0 aliphatic carbocycles. The fraction of sp³-hybridized carbons (Fsp3) is 0.364. The largest absolute Gasteiger partial charge is 0.480 e. The summed E-state index contributed by atoms with van der Waals surface area (Å²) >= 11 is 0.